The molecular formula is C20H24N2O7S2. The van der Waals surface area contributed by atoms with Gasteiger partial charge in [-0.2, -0.15) is 4.31 Å². The van der Waals surface area contributed by atoms with Crippen molar-refractivity contribution in [3.8, 4) is 5.75 Å². The van der Waals surface area contributed by atoms with E-state index in [1.807, 2.05) is 0 Å². The van der Waals surface area contributed by atoms with E-state index in [4.69, 9.17) is 4.74 Å². The summed E-state index contributed by atoms with van der Waals surface area (Å²) in [5, 5.41) is 12.9. The molecule has 31 heavy (non-hydrogen) atoms. The molecule has 2 N–H and O–H groups in total. The number of amides is 1. The molecule has 0 aromatic heterocycles. The Labute approximate surface area is 181 Å². The van der Waals surface area contributed by atoms with Crippen molar-refractivity contribution in [2.75, 3.05) is 23.9 Å². The van der Waals surface area contributed by atoms with Crippen LogP contribution in [0.25, 0.3) is 0 Å². The maximum absolute atomic E-state index is 13.7. The van der Waals surface area contributed by atoms with Crippen molar-refractivity contribution in [3.05, 3.63) is 54.1 Å². The van der Waals surface area contributed by atoms with Crippen molar-refractivity contribution in [2.45, 2.75) is 30.5 Å². The number of ether oxygens (including phenoxy) is 1. The number of nitrogens with one attached hydrogen (secondary N) is 1. The molecule has 1 aliphatic rings. The van der Waals surface area contributed by atoms with Crippen LogP contribution in [0.2, 0.25) is 0 Å². The molecule has 0 saturated carbocycles. The quantitative estimate of drug-likeness (QED) is 0.620. The maximum Gasteiger partial charge on any atom is 0.247 e. The molecule has 168 valence electrons. The van der Waals surface area contributed by atoms with E-state index in [2.05, 4.69) is 5.32 Å². The third kappa shape index (κ3) is 5.24. The van der Waals surface area contributed by atoms with Crippen LogP contribution < -0.4 is 10.1 Å². The summed E-state index contributed by atoms with van der Waals surface area (Å²) in [4.78, 5) is 11.2. The predicted molar refractivity (Wildman–Crippen MR) is 115 cm³/mol. The Kier molecular flexibility index (Phi) is 6.70. The highest BCUT2D eigenvalue weighted by Crippen LogP contribution is 2.33. The molecule has 9 nitrogen and oxygen atoms in total. The van der Waals surface area contributed by atoms with Gasteiger partial charge in [-0.25, -0.2) is 16.8 Å². The zero-order valence-corrected chi connectivity index (χ0v) is 18.7. The van der Waals surface area contributed by atoms with E-state index in [1.165, 1.54) is 32.2 Å². The van der Waals surface area contributed by atoms with Crippen molar-refractivity contribution in [2.24, 2.45) is 0 Å². The molecule has 2 aromatic carbocycles. The minimum Gasteiger partial charge on any atom is -0.495 e. The Hall–Kier alpha value is -2.47. The summed E-state index contributed by atoms with van der Waals surface area (Å²) in [7, 11) is -6.63. The average Bonchev–Trinajstić information content (AvgIpc) is 2.98. The number of benzene rings is 2. The first-order chi connectivity index (χ1) is 14.5. The van der Waals surface area contributed by atoms with E-state index in [-0.39, 0.29) is 28.8 Å². The highest BCUT2D eigenvalue weighted by atomic mass is 32.2. The van der Waals surface area contributed by atoms with Gasteiger partial charge in [0.05, 0.1) is 30.8 Å². The van der Waals surface area contributed by atoms with Gasteiger partial charge < -0.3 is 15.2 Å². The number of carbonyl (C=O) groups excluding carboxylic acids is 1. The summed E-state index contributed by atoms with van der Waals surface area (Å²) in [5.41, 5.74) is 0.866. The molecule has 0 aliphatic carbocycles. The number of rotatable bonds is 7. The third-order valence-corrected chi connectivity index (χ3v) is 8.51. The molecule has 0 spiro atoms. The zero-order chi connectivity index (χ0) is 22.8. The molecule has 2 atom stereocenters. The summed E-state index contributed by atoms with van der Waals surface area (Å²) in [6.45, 7) is 1.15. The molecule has 1 heterocycles. The largest absolute Gasteiger partial charge is 0.495 e. The molecule has 1 fully saturated rings. The fraction of sp³-hybridized carbons (Fsp3) is 0.350. The summed E-state index contributed by atoms with van der Waals surface area (Å²) in [6.07, 6.45) is -1.37. The Bertz CT molecular complexity index is 1170. The predicted octanol–water partition coefficient (Wildman–Crippen LogP) is 1.00. The second-order valence-corrected chi connectivity index (χ2v) is 11.3. The summed E-state index contributed by atoms with van der Waals surface area (Å²) >= 11 is 0. The van der Waals surface area contributed by atoms with Gasteiger partial charge in [0.1, 0.15) is 10.6 Å². The fourth-order valence-electron chi connectivity index (χ4n) is 3.52. The Morgan fingerprint density at radius 1 is 1.19 bits per heavy atom. The molecule has 1 saturated heterocycles. The minimum absolute atomic E-state index is 0.0301. The van der Waals surface area contributed by atoms with Gasteiger partial charge in [-0.1, -0.05) is 30.3 Å². The van der Waals surface area contributed by atoms with Gasteiger partial charge in [-0.3, -0.25) is 4.79 Å². The van der Waals surface area contributed by atoms with Crippen molar-refractivity contribution in [3.63, 3.8) is 0 Å². The average molecular weight is 469 g/mol. The molecule has 3 rings (SSSR count). The second kappa shape index (κ2) is 8.95. The number of sulfone groups is 1. The lowest BCUT2D eigenvalue weighted by Gasteiger charge is -2.30. The number of sulfonamides is 1. The van der Waals surface area contributed by atoms with E-state index in [1.54, 1.807) is 30.3 Å². The lowest BCUT2D eigenvalue weighted by Crippen LogP contribution is -2.46. The minimum atomic E-state index is -4.33. The monoisotopic (exact) mass is 468 g/mol. The number of nitrogens with zero attached hydrogens (tertiary/aromatic N) is 1. The van der Waals surface area contributed by atoms with Gasteiger partial charge in [-0.05, 0) is 23.8 Å². The van der Waals surface area contributed by atoms with Gasteiger partial charge in [-0.15, -0.1) is 0 Å². The standard InChI is InChI=1S/C20H24N2O7S2/c1-14(23)21-16-8-9-19(29-2)20(10-16)31(27,28)22(11-15-6-4-3-5-7-15)17-12-30(25,26)13-18(17)24/h3-10,17-18,24H,11-13H2,1-2H3,(H,21,23)/t17-,18+/m1/s1. The maximum atomic E-state index is 13.7. The van der Waals surface area contributed by atoms with E-state index in [0.717, 1.165) is 4.31 Å². The van der Waals surface area contributed by atoms with Crippen LogP contribution in [0.3, 0.4) is 0 Å². The van der Waals surface area contributed by atoms with Crippen molar-refractivity contribution >= 4 is 31.5 Å². The van der Waals surface area contributed by atoms with Crippen LogP contribution in [0.15, 0.2) is 53.4 Å². The number of methoxy groups -OCH3 is 1. The van der Waals surface area contributed by atoms with Crippen LogP contribution >= 0.6 is 0 Å². The summed E-state index contributed by atoms with van der Waals surface area (Å²) < 4.78 is 57.9. The van der Waals surface area contributed by atoms with E-state index >= 15 is 0 Å². The number of carbonyl (C=O) groups is 1. The first-order valence-electron chi connectivity index (χ1n) is 9.43. The lowest BCUT2D eigenvalue weighted by atomic mass is 10.2. The number of hydrogen-bond acceptors (Lipinski definition) is 7. The summed E-state index contributed by atoms with van der Waals surface area (Å²) in [6, 6.07) is 11.7. The first kappa shape index (κ1) is 23.2. The SMILES string of the molecule is COc1ccc(NC(C)=O)cc1S(=O)(=O)N(Cc1ccccc1)[C@@H]1CS(=O)(=O)C[C@@H]1O. The van der Waals surface area contributed by atoms with Crippen molar-refractivity contribution in [1.82, 2.24) is 4.31 Å². The fourth-order valence-corrected chi connectivity index (χ4v) is 7.24. The van der Waals surface area contributed by atoms with Gasteiger partial charge in [0.25, 0.3) is 0 Å². The highest BCUT2D eigenvalue weighted by Gasteiger charge is 2.45. The Morgan fingerprint density at radius 3 is 2.42 bits per heavy atom. The van der Waals surface area contributed by atoms with Gasteiger partial charge in [0, 0.05) is 19.2 Å². The lowest BCUT2D eigenvalue weighted by molar-refractivity contribution is -0.114. The first-order valence-corrected chi connectivity index (χ1v) is 12.7. The van der Waals surface area contributed by atoms with Crippen LogP contribution in [0, 0.1) is 0 Å². The summed E-state index contributed by atoms with van der Waals surface area (Å²) in [5.74, 6) is -1.36. The molecule has 11 heteroatoms. The van der Waals surface area contributed by atoms with E-state index in [0.29, 0.717) is 5.56 Å². The molecule has 1 aliphatic heterocycles. The molecule has 2 aromatic rings. The van der Waals surface area contributed by atoms with Crippen LogP contribution in [-0.2, 0) is 31.2 Å². The molecule has 1 amide bonds. The number of hydrogen-bond donors (Lipinski definition) is 2. The van der Waals surface area contributed by atoms with E-state index < -0.39 is 43.5 Å². The second-order valence-electron chi connectivity index (χ2n) is 7.29. The third-order valence-electron chi connectivity index (χ3n) is 4.92. The van der Waals surface area contributed by atoms with Gasteiger partial charge >= 0.3 is 0 Å². The Morgan fingerprint density at radius 2 is 1.87 bits per heavy atom. The van der Waals surface area contributed by atoms with Crippen molar-refractivity contribution in [1.29, 1.82) is 0 Å². The van der Waals surface area contributed by atoms with Gasteiger partial charge in [0.2, 0.25) is 15.9 Å². The van der Waals surface area contributed by atoms with Crippen LogP contribution in [-0.4, -0.2) is 62.9 Å². The normalized spacial score (nSPS) is 20.5. The molecule has 0 unspecified atom stereocenters. The van der Waals surface area contributed by atoms with Gasteiger partial charge in [0.15, 0.2) is 9.84 Å². The number of aliphatic hydroxyl groups excluding tert-OH is 1. The topological polar surface area (TPSA) is 130 Å². The number of anilines is 1. The molecule has 0 radical (unpaired) electrons. The smallest absolute Gasteiger partial charge is 0.247 e. The van der Waals surface area contributed by atoms with Crippen LogP contribution in [0.4, 0.5) is 5.69 Å². The molecule has 0 bridgehead atoms. The Balaban J connectivity index is 2.12. The molecular weight excluding hydrogens is 444 g/mol. The van der Waals surface area contributed by atoms with Crippen molar-refractivity contribution < 1.29 is 31.5 Å². The number of aliphatic hydroxyl groups is 1. The zero-order valence-electron chi connectivity index (χ0n) is 17.1. The van der Waals surface area contributed by atoms with Crippen LogP contribution in [0.1, 0.15) is 12.5 Å². The highest BCUT2D eigenvalue weighted by molar-refractivity contribution is 7.92. The van der Waals surface area contributed by atoms with E-state index in [9.17, 15) is 26.7 Å². The van der Waals surface area contributed by atoms with Crippen LogP contribution in [0.5, 0.6) is 5.75 Å².